The zero-order valence-electron chi connectivity index (χ0n) is 15.6. The summed E-state index contributed by atoms with van der Waals surface area (Å²) in [5, 5.41) is 0. The normalized spacial score (nSPS) is 18.3. The van der Waals surface area contributed by atoms with Crippen molar-refractivity contribution in [3.05, 3.63) is 77.9 Å². The molecule has 0 unspecified atom stereocenters. The maximum absolute atomic E-state index is 11.7. The lowest BCUT2D eigenvalue weighted by Gasteiger charge is -2.22. The number of hydrogen-bond acceptors (Lipinski definition) is 2. The highest BCUT2D eigenvalue weighted by Crippen LogP contribution is 2.41. The van der Waals surface area contributed by atoms with Gasteiger partial charge in [-0.05, 0) is 54.3 Å². The van der Waals surface area contributed by atoms with E-state index in [1.807, 2.05) is 24.3 Å². The molecule has 0 bridgehead atoms. The molecule has 2 nitrogen and oxygen atoms in total. The van der Waals surface area contributed by atoms with E-state index < -0.39 is 0 Å². The zero-order chi connectivity index (χ0) is 18.4. The van der Waals surface area contributed by atoms with Gasteiger partial charge in [-0.3, -0.25) is 4.79 Å². The minimum atomic E-state index is -0.0587. The Balaban J connectivity index is 1.73. The molecule has 0 N–H and O–H groups in total. The second-order valence-electron chi connectivity index (χ2n) is 7.14. The van der Waals surface area contributed by atoms with Crippen LogP contribution in [0.2, 0.25) is 0 Å². The molecule has 0 heterocycles. The van der Waals surface area contributed by atoms with Crippen molar-refractivity contribution in [3.8, 4) is 5.75 Å². The molecule has 0 aromatic heterocycles. The summed E-state index contributed by atoms with van der Waals surface area (Å²) in [7, 11) is 0. The fourth-order valence-electron chi connectivity index (χ4n) is 3.85. The Morgan fingerprint density at radius 2 is 1.88 bits per heavy atom. The fourth-order valence-corrected chi connectivity index (χ4v) is 3.85. The smallest absolute Gasteiger partial charge is 0.185 e. The first kappa shape index (κ1) is 18.4. The van der Waals surface area contributed by atoms with Crippen LogP contribution in [0.1, 0.15) is 66.6 Å². The van der Waals surface area contributed by atoms with E-state index in [9.17, 15) is 4.79 Å². The molecule has 0 radical (unpaired) electrons. The molecule has 26 heavy (non-hydrogen) atoms. The van der Waals surface area contributed by atoms with Crippen LogP contribution in [0.25, 0.3) is 0 Å². The molecular formula is C24H28O2. The third-order valence-electron chi connectivity index (χ3n) is 5.29. The first-order valence-electron chi connectivity index (χ1n) is 9.74. The average Bonchev–Trinajstić information content (AvgIpc) is 3.03. The third-order valence-corrected chi connectivity index (χ3v) is 5.29. The quantitative estimate of drug-likeness (QED) is 0.301. The summed E-state index contributed by atoms with van der Waals surface area (Å²) < 4.78 is 6.40. The number of ether oxygens (including phenoxy) is 1. The molecule has 3 rings (SSSR count). The number of carbonyl (C=O) groups is 1. The van der Waals surface area contributed by atoms with E-state index in [4.69, 9.17) is 4.74 Å². The number of carbonyl (C=O) groups excluding carboxylic acids is 1. The van der Waals surface area contributed by atoms with Gasteiger partial charge in [0, 0.05) is 11.5 Å². The maximum atomic E-state index is 11.7. The van der Waals surface area contributed by atoms with Crippen molar-refractivity contribution in [1.82, 2.24) is 0 Å². The number of allylic oxidation sites excluding steroid dienone is 1. The molecule has 0 aliphatic heterocycles. The highest BCUT2D eigenvalue weighted by atomic mass is 16.5. The predicted molar refractivity (Wildman–Crippen MR) is 107 cm³/mol. The van der Waals surface area contributed by atoms with E-state index in [1.165, 1.54) is 49.3 Å². The number of fused-ring (bicyclic) bond motifs is 1. The first-order chi connectivity index (χ1) is 12.7. The first-order valence-corrected chi connectivity index (χ1v) is 9.74. The van der Waals surface area contributed by atoms with Crippen LogP contribution in [-0.4, -0.2) is 5.78 Å². The van der Waals surface area contributed by atoms with Crippen LogP contribution in [0.5, 0.6) is 5.75 Å². The van der Waals surface area contributed by atoms with Crippen LogP contribution < -0.4 is 4.74 Å². The number of rotatable bonds is 9. The Morgan fingerprint density at radius 1 is 1.12 bits per heavy atom. The summed E-state index contributed by atoms with van der Waals surface area (Å²) in [5.41, 5.74) is 3.38. The fraction of sp³-hybridized carbons (Fsp3) is 0.375. The van der Waals surface area contributed by atoms with E-state index >= 15 is 0 Å². The Morgan fingerprint density at radius 3 is 2.62 bits per heavy atom. The molecule has 1 aliphatic rings. The maximum Gasteiger partial charge on any atom is 0.185 e. The lowest BCUT2D eigenvalue weighted by molar-refractivity contribution is 0.104. The van der Waals surface area contributed by atoms with Crippen molar-refractivity contribution in [1.29, 1.82) is 0 Å². The van der Waals surface area contributed by atoms with Gasteiger partial charge >= 0.3 is 0 Å². The second kappa shape index (κ2) is 8.84. The molecule has 136 valence electrons. The van der Waals surface area contributed by atoms with Gasteiger partial charge in [-0.15, -0.1) is 0 Å². The van der Waals surface area contributed by atoms with Gasteiger partial charge < -0.3 is 4.74 Å². The lowest BCUT2D eigenvalue weighted by atomic mass is 9.95. The van der Waals surface area contributed by atoms with E-state index in [0.717, 1.165) is 12.2 Å². The Labute approximate surface area is 156 Å². The minimum absolute atomic E-state index is 0.0587. The van der Waals surface area contributed by atoms with Crippen LogP contribution in [-0.2, 0) is 6.42 Å². The van der Waals surface area contributed by atoms with Crippen molar-refractivity contribution >= 4 is 5.78 Å². The number of benzene rings is 2. The molecule has 2 aromatic carbocycles. The predicted octanol–water partition coefficient (Wildman–Crippen LogP) is 6.32. The van der Waals surface area contributed by atoms with Gasteiger partial charge in [-0.1, -0.05) is 63.5 Å². The van der Waals surface area contributed by atoms with Gasteiger partial charge in [0.05, 0.1) is 0 Å². The van der Waals surface area contributed by atoms with Crippen molar-refractivity contribution in [2.45, 2.75) is 51.6 Å². The Hall–Kier alpha value is -2.35. The topological polar surface area (TPSA) is 26.3 Å². The largest absolute Gasteiger partial charge is 0.485 e. The van der Waals surface area contributed by atoms with E-state index in [-0.39, 0.29) is 11.9 Å². The van der Waals surface area contributed by atoms with E-state index in [0.29, 0.717) is 11.5 Å². The summed E-state index contributed by atoms with van der Waals surface area (Å²) in [5.74, 6) is 1.29. The molecule has 2 aromatic rings. The summed E-state index contributed by atoms with van der Waals surface area (Å²) in [4.78, 5) is 11.7. The van der Waals surface area contributed by atoms with Gasteiger partial charge in [0.25, 0.3) is 0 Å². The van der Waals surface area contributed by atoms with E-state index in [2.05, 4.69) is 37.8 Å². The summed E-state index contributed by atoms with van der Waals surface area (Å²) >= 11 is 0. The monoisotopic (exact) mass is 348 g/mol. The summed E-state index contributed by atoms with van der Waals surface area (Å²) in [6, 6.07) is 16.1. The summed E-state index contributed by atoms with van der Waals surface area (Å²) in [6.45, 7) is 5.79. The number of ketones is 1. The molecular weight excluding hydrogens is 320 g/mol. The standard InChI is InChI=1S/C24H28O2/c1-3-5-6-7-11-20-17-19-10-8-9-12-22(19)24(20)26-21-15-13-18(14-16-21)23(25)4-2/h4,8-10,12-16,20,24H,2-3,5-7,11,17H2,1H3/t20-,24+/m0/s1. The van der Waals surface area contributed by atoms with E-state index in [1.54, 1.807) is 0 Å². The van der Waals surface area contributed by atoms with Gasteiger partial charge in [-0.25, -0.2) is 0 Å². The highest BCUT2D eigenvalue weighted by Gasteiger charge is 2.33. The van der Waals surface area contributed by atoms with Crippen LogP contribution in [0.15, 0.2) is 61.2 Å². The molecule has 0 amide bonds. The van der Waals surface area contributed by atoms with Crippen molar-refractivity contribution < 1.29 is 9.53 Å². The van der Waals surface area contributed by atoms with Gasteiger partial charge in [0.15, 0.2) is 5.78 Å². The van der Waals surface area contributed by atoms with Gasteiger partial charge in [-0.2, -0.15) is 0 Å². The number of hydrogen-bond donors (Lipinski definition) is 0. The molecule has 0 saturated carbocycles. The van der Waals surface area contributed by atoms with Gasteiger partial charge in [0.2, 0.25) is 0 Å². The molecule has 1 aliphatic carbocycles. The Kier molecular flexibility index (Phi) is 6.27. The number of unbranched alkanes of at least 4 members (excludes halogenated alkanes) is 3. The second-order valence-corrected chi connectivity index (χ2v) is 7.14. The van der Waals surface area contributed by atoms with Crippen molar-refractivity contribution in [2.24, 2.45) is 5.92 Å². The molecule has 2 heteroatoms. The Bertz CT molecular complexity index is 745. The SMILES string of the molecule is C=CC(=O)c1ccc(O[C@H]2c3ccccc3C[C@@H]2CCCCCC)cc1. The highest BCUT2D eigenvalue weighted by molar-refractivity contribution is 6.04. The molecule has 0 fully saturated rings. The molecule has 2 atom stereocenters. The average molecular weight is 348 g/mol. The van der Waals surface area contributed by atoms with Crippen LogP contribution >= 0.6 is 0 Å². The van der Waals surface area contributed by atoms with Crippen LogP contribution in [0, 0.1) is 5.92 Å². The van der Waals surface area contributed by atoms with Crippen molar-refractivity contribution in [3.63, 3.8) is 0 Å². The van der Waals surface area contributed by atoms with Crippen LogP contribution in [0.4, 0.5) is 0 Å². The van der Waals surface area contributed by atoms with Crippen LogP contribution in [0.3, 0.4) is 0 Å². The summed E-state index contributed by atoms with van der Waals surface area (Å²) in [6.07, 6.45) is 8.88. The lowest BCUT2D eigenvalue weighted by Crippen LogP contribution is -2.14. The molecule has 0 spiro atoms. The zero-order valence-corrected chi connectivity index (χ0v) is 15.6. The molecule has 0 saturated heterocycles. The minimum Gasteiger partial charge on any atom is -0.485 e. The third kappa shape index (κ3) is 4.24. The van der Waals surface area contributed by atoms with Gasteiger partial charge in [0.1, 0.15) is 11.9 Å². The van der Waals surface area contributed by atoms with Crippen molar-refractivity contribution in [2.75, 3.05) is 0 Å².